The highest BCUT2D eigenvalue weighted by atomic mass is 16.4. The van der Waals surface area contributed by atoms with Crippen molar-refractivity contribution in [1.82, 2.24) is 0 Å². The molecule has 4 heterocycles. The summed E-state index contributed by atoms with van der Waals surface area (Å²) in [5.74, 6) is 0. The number of hydrogen-bond acceptors (Lipinski definition) is 4. The SMILES string of the molecule is CCCCCC[n+]1c2cc3c(cc2cc2c(=O)oc4cc5c(cc4c21)CCCN5C)CCCN3C. The second-order valence-corrected chi connectivity index (χ2v) is 10.6. The van der Waals surface area contributed by atoms with Crippen LogP contribution in [0.5, 0.6) is 0 Å². The molecule has 2 aromatic heterocycles. The highest BCUT2D eigenvalue weighted by molar-refractivity contribution is 6.04. The number of anilines is 2. The quantitative estimate of drug-likeness (QED) is 0.123. The summed E-state index contributed by atoms with van der Waals surface area (Å²) in [6.45, 7) is 5.29. The van der Waals surface area contributed by atoms with Crippen LogP contribution in [-0.4, -0.2) is 27.2 Å². The van der Waals surface area contributed by atoms with Gasteiger partial charge in [-0.25, -0.2) is 4.79 Å². The lowest BCUT2D eigenvalue weighted by Crippen LogP contribution is -2.37. The zero-order valence-electron chi connectivity index (χ0n) is 21.3. The molecule has 6 rings (SSSR count). The fourth-order valence-electron chi connectivity index (χ4n) is 6.26. The van der Waals surface area contributed by atoms with Crippen LogP contribution in [0.15, 0.2) is 39.5 Å². The molecule has 182 valence electrons. The van der Waals surface area contributed by atoms with Gasteiger partial charge in [0, 0.05) is 62.5 Å². The summed E-state index contributed by atoms with van der Waals surface area (Å²) in [6, 6.07) is 11.2. The fraction of sp³-hybridized carbons (Fsp3) is 0.467. The molecule has 0 atom stereocenters. The van der Waals surface area contributed by atoms with Crippen LogP contribution >= 0.6 is 0 Å². The minimum Gasteiger partial charge on any atom is -0.422 e. The summed E-state index contributed by atoms with van der Waals surface area (Å²) in [7, 11) is 4.33. The van der Waals surface area contributed by atoms with Gasteiger partial charge in [0.2, 0.25) is 11.0 Å². The van der Waals surface area contributed by atoms with Gasteiger partial charge in [-0.2, -0.15) is 4.57 Å². The molecule has 0 fully saturated rings. The zero-order chi connectivity index (χ0) is 24.1. The number of nitrogens with zero attached hydrogens (tertiary/aromatic N) is 3. The minimum atomic E-state index is -0.232. The van der Waals surface area contributed by atoms with Crippen molar-refractivity contribution in [3.63, 3.8) is 0 Å². The van der Waals surface area contributed by atoms with Crippen LogP contribution in [-0.2, 0) is 19.4 Å². The molecule has 5 heteroatoms. The van der Waals surface area contributed by atoms with Crippen LogP contribution in [0.1, 0.15) is 56.6 Å². The van der Waals surface area contributed by atoms with Crippen molar-refractivity contribution in [2.45, 2.75) is 64.8 Å². The molecule has 0 bridgehead atoms. The molecule has 0 N–H and O–H groups in total. The van der Waals surface area contributed by atoms with E-state index in [1.807, 2.05) is 0 Å². The van der Waals surface area contributed by atoms with Gasteiger partial charge in [0.15, 0.2) is 0 Å². The van der Waals surface area contributed by atoms with E-state index in [0.29, 0.717) is 11.0 Å². The number of rotatable bonds is 5. The Morgan fingerprint density at radius 1 is 0.857 bits per heavy atom. The number of hydrogen-bond donors (Lipinski definition) is 0. The number of pyridine rings is 1. The first-order valence-electron chi connectivity index (χ1n) is 13.4. The van der Waals surface area contributed by atoms with E-state index in [0.717, 1.165) is 61.6 Å². The number of unbranched alkanes of at least 4 members (excludes halogenated alkanes) is 3. The molecule has 0 unspecified atom stereocenters. The number of aromatic nitrogens is 1. The molecule has 0 aliphatic carbocycles. The average molecular weight is 471 g/mol. The third-order valence-corrected chi connectivity index (χ3v) is 8.14. The summed E-state index contributed by atoms with van der Waals surface area (Å²) >= 11 is 0. The van der Waals surface area contributed by atoms with Crippen LogP contribution < -0.4 is 20.0 Å². The lowest BCUT2D eigenvalue weighted by Gasteiger charge is -2.28. The van der Waals surface area contributed by atoms with Gasteiger partial charge in [-0.1, -0.05) is 19.8 Å². The third kappa shape index (κ3) is 3.76. The summed E-state index contributed by atoms with van der Waals surface area (Å²) in [5.41, 5.74) is 7.98. The van der Waals surface area contributed by atoms with E-state index in [1.165, 1.54) is 53.7 Å². The lowest BCUT2D eigenvalue weighted by atomic mass is 9.97. The van der Waals surface area contributed by atoms with Crippen molar-refractivity contribution in [2.24, 2.45) is 0 Å². The third-order valence-electron chi connectivity index (χ3n) is 8.14. The maximum atomic E-state index is 13.4. The van der Waals surface area contributed by atoms with E-state index in [4.69, 9.17) is 4.42 Å². The fourth-order valence-corrected chi connectivity index (χ4v) is 6.26. The number of aryl methyl sites for hydroxylation is 3. The first-order valence-corrected chi connectivity index (χ1v) is 13.4. The molecule has 0 amide bonds. The smallest absolute Gasteiger partial charge is 0.350 e. The van der Waals surface area contributed by atoms with Gasteiger partial charge < -0.3 is 14.2 Å². The number of benzene rings is 2. The van der Waals surface area contributed by atoms with Gasteiger partial charge in [0.1, 0.15) is 17.5 Å². The van der Waals surface area contributed by atoms with Gasteiger partial charge in [0.05, 0.1) is 5.39 Å². The summed E-state index contributed by atoms with van der Waals surface area (Å²) in [6.07, 6.45) is 9.25. The Morgan fingerprint density at radius 3 is 2.31 bits per heavy atom. The van der Waals surface area contributed by atoms with Crippen LogP contribution in [0.3, 0.4) is 0 Å². The average Bonchev–Trinajstić information content (AvgIpc) is 2.85. The predicted octanol–water partition coefficient (Wildman–Crippen LogP) is 5.73. The monoisotopic (exact) mass is 470 g/mol. The molecule has 0 spiro atoms. The molecule has 2 aliphatic heterocycles. The molecule has 2 aliphatic rings. The van der Waals surface area contributed by atoms with Crippen LogP contribution in [0.25, 0.3) is 32.8 Å². The molecular formula is C30H36N3O2+. The van der Waals surface area contributed by atoms with Crippen LogP contribution in [0.4, 0.5) is 11.4 Å². The van der Waals surface area contributed by atoms with Gasteiger partial charge in [-0.15, -0.1) is 0 Å². The first-order chi connectivity index (χ1) is 17.0. The molecule has 35 heavy (non-hydrogen) atoms. The Bertz CT molecular complexity index is 1500. The molecule has 4 aromatic rings. The van der Waals surface area contributed by atoms with Gasteiger partial charge in [0.25, 0.3) is 0 Å². The second-order valence-electron chi connectivity index (χ2n) is 10.6. The van der Waals surface area contributed by atoms with Gasteiger partial charge in [-0.3, -0.25) is 0 Å². The Labute approximate surface area is 206 Å². The Balaban J connectivity index is 1.68. The first kappa shape index (κ1) is 22.4. The van der Waals surface area contributed by atoms with Gasteiger partial charge >= 0.3 is 5.63 Å². The minimum absolute atomic E-state index is 0.232. The lowest BCUT2D eigenvalue weighted by molar-refractivity contribution is -0.645. The van der Waals surface area contributed by atoms with Crippen molar-refractivity contribution >= 4 is 44.1 Å². The van der Waals surface area contributed by atoms with E-state index in [-0.39, 0.29) is 5.63 Å². The predicted molar refractivity (Wildman–Crippen MR) is 145 cm³/mol. The molecule has 0 radical (unpaired) electrons. The van der Waals surface area contributed by atoms with Crippen molar-refractivity contribution in [3.8, 4) is 0 Å². The zero-order valence-corrected chi connectivity index (χ0v) is 21.3. The van der Waals surface area contributed by atoms with E-state index < -0.39 is 0 Å². The highest BCUT2D eigenvalue weighted by Gasteiger charge is 2.26. The van der Waals surface area contributed by atoms with E-state index >= 15 is 0 Å². The van der Waals surface area contributed by atoms with E-state index in [1.54, 1.807) is 0 Å². The maximum absolute atomic E-state index is 13.4. The second kappa shape index (κ2) is 8.85. The molecule has 0 saturated carbocycles. The topological polar surface area (TPSA) is 40.6 Å². The Hall–Kier alpha value is -3.08. The molecule has 2 aromatic carbocycles. The summed E-state index contributed by atoms with van der Waals surface area (Å²) in [4.78, 5) is 18.0. The number of fused-ring (bicyclic) bond motifs is 6. The van der Waals surface area contributed by atoms with Crippen LogP contribution in [0, 0.1) is 0 Å². The standard InChI is InChI=1S/C30H36N3O2/c1-4-5-6-7-14-33-27-18-25-20(10-8-12-31(25)2)15-22(27)17-24-29(33)23-16-21-11-9-13-32(3)26(21)19-28(23)35-30(24)34/h15-19H,4-14H2,1-3H3/q+1. The van der Waals surface area contributed by atoms with E-state index in [9.17, 15) is 4.79 Å². The Morgan fingerprint density at radius 2 is 1.57 bits per heavy atom. The normalized spacial score (nSPS) is 15.7. The molecule has 5 nitrogen and oxygen atoms in total. The van der Waals surface area contributed by atoms with E-state index in [2.05, 4.69) is 65.7 Å². The van der Waals surface area contributed by atoms with Gasteiger partial charge in [-0.05, 0) is 61.4 Å². The summed E-state index contributed by atoms with van der Waals surface area (Å²) < 4.78 is 8.39. The molecular weight excluding hydrogens is 434 g/mol. The van der Waals surface area contributed by atoms with Crippen molar-refractivity contribution in [1.29, 1.82) is 0 Å². The maximum Gasteiger partial charge on any atom is 0.350 e. The van der Waals surface area contributed by atoms with Crippen molar-refractivity contribution in [3.05, 3.63) is 51.9 Å². The highest BCUT2D eigenvalue weighted by Crippen LogP contribution is 2.35. The largest absolute Gasteiger partial charge is 0.422 e. The summed E-state index contributed by atoms with van der Waals surface area (Å²) in [5, 5.41) is 2.91. The Kier molecular flexibility index (Phi) is 5.66. The van der Waals surface area contributed by atoms with Crippen LogP contribution in [0.2, 0.25) is 0 Å². The van der Waals surface area contributed by atoms with Crippen molar-refractivity contribution < 1.29 is 8.98 Å². The molecule has 0 saturated heterocycles. The van der Waals surface area contributed by atoms with Crippen molar-refractivity contribution in [2.75, 3.05) is 37.0 Å².